The van der Waals surface area contributed by atoms with E-state index in [2.05, 4.69) is 10.3 Å². The van der Waals surface area contributed by atoms with Crippen LogP contribution in [0.2, 0.25) is 0 Å². The van der Waals surface area contributed by atoms with Gasteiger partial charge in [-0.2, -0.15) is 0 Å². The van der Waals surface area contributed by atoms with E-state index in [4.69, 9.17) is 10.2 Å². The highest BCUT2D eigenvalue weighted by Gasteiger charge is 2.28. The van der Waals surface area contributed by atoms with Gasteiger partial charge in [-0.05, 0) is 19.1 Å². The number of aliphatic hydroxyl groups excluding tert-OH is 1. The summed E-state index contributed by atoms with van der Waals surface area (Å²) in [6.07, 6.45) is 0. The maximum Gasteiger partial charge on any atom is 0.339 e. The molecule has 1 rings (SSSR count). The molecule has 0 unspecified atom stereocenters. The second kappa shape index (κ2) is 5.05. The zero-order chi connectivity index (χ0) is 13.1. The van der Waals surface area contributed by atoms with Gasteiger partial charge in [-0.1, -0.05) is 0 Å². The number of carboxylic acids is 1. The van der Waals surface area contributed by atoms with Crippen LogP contribution < -0.4 is 5.32 Å². The van der Waals surface area contributed by atoms with Gasteiger partial charge in [-0.15, -0.1) is 0 Å². The summed E-state index contributed by atoms with van der Waals surface area (Å²) in [7, 11) is 0. The Morgan fingerprint density at radius 2 is 2.18 bits per heavy atom. The molecule has 0 spiro atoms. The third-order valence-electron chi connectivity index (χ3n) is 2.01. The van der Waals surface area contributed by atoms with Crippen molar-refractivity contribution < 1.29 is 23.8 Å². The van der Waals surface area contributed by atoms with Crippen LogP contribution in [0.25, 0.3) is 0 Å². The third kappa shape index (κ3) is 3.63. The molecule has 0 aliphatic carbocycles. The normalized spacial score (nSPS) is 11.3. The zero-order valence-electron chi connectivity index (χ0n) is 9.07. The van der Waals surface area contributed by atoms with Gasteiger partial charge >= 0.3 is 5.97 Å². The highest BCUT2D eigenvalue weighted by Crippen LogP contribution is 2.17. The number of carbonyl (C=O) groups is 1. The number of aromatic carboxylic acids is 1. The van der Waals surface area contributed by atoms with E-state index in [1.165, 1.54) is 12.1 Å². The van der Waals surface area contributed by atoms with Crippen LogP contribution in [0.1, 0.15) is 16.1 Å². The Morgan fingerprint density at radius 1 is 1.53 bits per heavy atom. The van der Waals surface area contributed by atoms with Gasteiger partial charge in [0, 0.05) is 5.69 Å². The SMILES string of the molecule is Cc1ccc(C(=O)O)c(NCC(F)(F)CO)n1. The summed E-state index contributed by atoms with van der Waals surface area (Å²) in [5.41, 5.74) is 0.314. The number of anilines is 1. The van der Waals surface area contributed by atoms with E-state index >= 15 is 0 Å². The van der Waals surface area contributed by atoms with Crippen LogP contribution in [-0.2, 0) is 0 Å². The largest absolute Gasteiger partial charge is 0.478 e. The number of aromatic nitrogens is 1. The predicted octanol–water partition coefficient (Wildman–Crippen LogP) is 1.13. The van der Waals surface area contributed by atoms with Crippen LogP contribution in [0.3, 0.4) is 0 Å². The summed E-state index contributed by atoms with van der Waals surface area (Å²) >= 11 is 0. The standard InChI is InChI=1S/C10H12F2N2O3/c1-6-2-3-7(9(16)17)8(14-6)13-4-10(11,12)5-15/h2-3,15H,4-5H2,1H3,(H,13,14)(H,16,17). The molecule has 94 valence electrons. The van der Waals surface area contributed by atoms with Crippen molar-refractivity contribution >= 4 is 11.8 Å². The molecule has 0 amide bonds. The summed E-state index contributed by atoms with van der Waals surface area (Å²) < 4.78 is 25.6. The van der Waals surface area contributed by atoms with Gasteiger partial charge in [0.25, 0.3) is 5.92 Å². The summed E-state index contributed by atoms with van der Waals surface area (Å²) in [4.78, 5) is 14.6. The van der Waals surface area contributed by atoms with E-state index in [9.17, 15) is 13.6 Å². The molecule has 7 heteroatoms. The van der Waals surface area contributed by atoms with E-state index < -0.39 is 25.0 Å². The zero-order valence-corrected chi connectivity index (χ0v) is 9.07. The fourth-order valence-corrected chi connectivity index (χ4v) is 1.13. The van der Waals surface area contributed by atoms with Gasteiger partial charge in [0.2, 0.25) is 0 Å². The van der Waals surface area contributed by atoms with Gasteiger partial charge in [0.05, 0.1) is 6.54 Å². The lowest BCUT2D eigenvalue weighted by atomic mass is 10.2. The van der Waals surface area contributed by atoms with E-state index in [0.717, 1.165) is 0 Å². The molecule has 0 aromatic carbocycles. The number of halogens is 2. The summed E-state index contributed by atoms with van der Waals surface area (Å²) in [5, 5.41) is 19.4. The molecule has 0 aliphatic heterocycles. The predicted molar refractivity (Wildman–Crippen MR) is 56.5 cm³/mol. The minimum absolute atomic E-state index is 0.134. The minimum atomic E-state index is -3.32. The first kappa shape index (κ1) is 13.3. The van der Waals surface area contributed by atoms with Crippen LogP contribution in [0.15, 0.2) is 12.1 Å². The third-order valence-corrected chi connectivity index (χ3v) is 2.01. The smallest absolute Gasteiger partial charge is 0.339 e. The summed E-state index contributed by atoms with van der Waals surface area (Å²) in [6.45, 7) is -0.574. The molecule has 0 saturated heterocycles. The minimum Gasteiger partial charge on any atom is -0.478 e. The molecule has 1 aromatic rings. The number of rotatable bonds is 5. The molecular formula is C10H12F2N2O3. The van der Waals surface area contributed by atoms with E-state index in [1.54, 1.807) is 6.92 Å². The Balaban J connectivity index is 2.89. The van der Waals surface area contributed by atoms with Crippen LogP contribution in [0.4, 0.5) is 14.6 Å². The number of hydrogen-bond donors (Lipinski definition) is 3. The molecule has 0 bridgehead atoms. The Labute approximate surface area is 96.1 Å². The van der Waals surface area contributed by atoms with E-state index in [-0.39, 0.29) is 11.4 Å². The first-order valence-corrected chi connectivity index (χ1v) is 4.79. The van der Waals surface area contributed by atoms with Crippen molar-refractivity contribution in [3.63, 3.8) is 0 Å². The molecule has 3 N–H and O–H groups in total. The molecule has 0 saturated carbocycles. The quantitative estimate of drug-likeness (QED) is 0.725. The lowest BCUT2D eigenvalue weighted by Gasteiger charge is -2.15. The fraction of sp³-hybridized carbons (Fsp3) is 0.400. The highest BCUT2D eigenvalue weighted by atomic mass is 19.3. The Kier molecular flexibility index (Phi) is 3.95. The number of aliphatic hydroxyl groups is 1. The lowest BCUT2D eigenvalue weighted by molar-refractivity contribution is -0.0373. The van der Waals surface area contributed by atoms with Gasteiger partial charge < -0.3 is 15.5 Å². The average molecular weight is 246 g/mol. The molecule has 5 nitrogen and oxygen atoms in total. The molecule has 0 radical (unpaired) electrons. The van der Waals surface area contributed by atoms with E-state index in [1.807, 2.05) is 0 Å². The topological polar surface area (TPSA) is 82.5 Å². The van der Waals surface area contributed by atoms with Gasteiger partial charge in [-0.25, -0.2) is 18.6 Å². The first-order valence-electron chi connectivity index (χ1n) is 4.79. The van der Waals surface area contributed by atoms with Gasteiger partial charge in [-0.3, -0.25) is 0 Å². The fourth-order valence-electron chi connectivity index (χ4n) is 1.13. The van der Waals surface area contributed by atoms with Crippen LogP contribution in [-0.4, -0.2) is 40.2 Å². The van der Waals surface area contributed by atoms with Crippen LogP contribution in [0, 0.1) is 6.92 Å². The maximum atomic E-state index is 12.8. The van der Waals surface area contributed by atoms with Crippen molar-refractivity contribution in [3.05, 3.63) is 23.4 Å². The number of nitrogens with zero attached hydrogens (tertiary/aromatic N) is 1. The number of pyridine rings is 1. The average Bonchev–Trinajstić information content (AvgIpc) is 2.26. The highest BCUT2D eigenvalue weighted by molar-refractivity contribution is 5.93. The molecule has 0 atom stereocenters. The molecular weight excluding hydrogens is 234 g/mol. The Morgan fingerprint density at radius 3 is 2.71 bits per heavy atom. The number of alkyl halides is 2. The number of aryl methyl sites for hydroxylation is 1. The second-order valence-corrected chi connectivity index (χ2v) is 3.52. The van der Waals surface area contributed by atoms with Crippen molar-refractivity contribution in [1.29, 1.82) is 0 Å². The van der Waals surface area contributed by atoms with Crippen molar-refractivity contribution in [1.82, 2.24) is 4.98 Å². The maximum absolute atomic E-state index is 12.8. The number of hydrogen-bond acceptors (Lipinski definition) is 4. The lowest BCUT2D eigenvalue weighted by Crippen LogP contribution is -2.31. The van der Waals surface area contributed by atoms with Crippen LogP contribution >= 0.6 is 0 Å². The molecule has 0 aliphatic rings. The monoisotopic (exact) mass is 246 g/mol. The second-order valence-electron chi connectivity index (χ2n) is 3.52. The Hall–Kier alpha value is -1.76. The van der Waals surface area contributed by atoms with Crippen molar-refractivity contribution in [2.24, 2.45) is 0 Å². The molecule has 1 aromatic heterocycles. The first-order chi connectivity index (χ1) is 7.85. The van der Waals surface area contributed by atoms with Crippen molar-refractivity contribution in [2.45, 2.75) is 12.8 Å². The van der Waals surface area contributed by atoms with E-state index in [0.29, 0.717) is 5.69 Å². The van der Waals surface area contributed by atoms with Gasteiger partial charge in [0.1, 0.15) is 18.0 Å². The van der Waals surface area contributed by atoms with Crippen molar-refractivity contribution in [2.75, 3.05) is 18.5 Å². The van der Waals surface area contributed by atoms with Crippen molar-refractivity contribution in [3.8, 4) is 0 Å². The number of nitrogens with one attached hydrogen (secondary N) is 1. The Bertz CT molecular complexity index is 424. The molecule has 17 heavy (non-hydrogen) atoms. The number of carboxylic acid groups (broad SMARTS) is 1. The summed E-state index contributed by atoms with van der Waals surface area (Å²) in [5.74, 6) is -4.71. The summed E-state index contributed by atoms with van der Waals surface area (Å²) in [6, 6.07) is 2.75. The van der Waals surface area contributed by atoms with Crippen LogP contribution in [0.5, 0.6) is 0 Å². The van der Waals surface area contributed by atoms with Gasteiger partial charge in [0.15, 0.2) is 0 Å². The molecule has 0 fully saturated rings. The molecule has 1 heterocycles.